The lowest BCUT2D eigenvalue weighted by Crippen LogP contribution is -2.18. The van der Waals surface area contributed by atoms with Gasteiger partial charge in [0, 0.05) is 18.2 Å². The Balaban J connectivity index is 2.16. The fourth-order valence-electron chi connectivity index (χ4n) is 2.01. The van der Waals surface area contributed by atoms with Crippen molar-refractivity contribution in [2.75, 3.05) is 20.8 Å². The Labute approximate surface area is 115 Å². The summed E-state index contributed by atoms with van der Waals surface area (Å²) in [6.07, 6.45) is 5.88. The van der Waals surface area contributed by atoms with E-state index in [9.17, 15) is 0 Å². The second-order valence-corrected chi connectivity index (χ2v) is 4.92. The summed E-state index contributed by atoms with van der Waals surface area (Å²) < 4.78 is 10.7. The zero-order chi connectivity index (χ0) is 13.7. The van der Waals surface area contributed by atoms with Crippen LogP contribution in [0.2, 0.25) is 0 Å². The molecule has 1 N–H and O–H groups in total. The molecule has 2 rings (SSSR count). The van der Waals surface area contributed by atoms with Gasteiger partial charge in [-0.3, -0.25) is 0 Å². The molecule has 1 aliphatic rings. The molecule has 1 aliphatic carbocycles. The van der Waals surface area contributed by atoms with Crippen molar-refractivity contribution in [3.63, 3.8) is 0 Å². The van der Waals surface area contributed by atoms with Crippen LogP contribution in [-0.4, -0.2) is 26.8 Å². The molecule has 3 heteroatoms. The first-order chi connectivity index (χ1) is 9.26. The zero-order valence-corrected chi connectivity index (χ0v) is 12.0. The van der Waals surface area contributed by atoms with E-state index in [-0.39, 0.29) is 0 Å². The van der Waals surface area contributed by atoms with Gasteiger partial charge in [0.15, 0.2) is 0 Å². The molecule has 0 bridgehead atoms. The summed E-state index contributed by atoms with van der Waals surface area (Å²) in [5.74, 6) is 1.75. The van der Waals surface area contributed by atoms with Gasteiger partial charge in [-0.15, -0.1) is 0 Å². The lowest BCUT2D eigenvalue weighted by molar-refractivity contribution is 0.402. The molecular formula is C16H23NO2. The summed E-state index contributed by atoms with van der Waals surface area (Å²) in [7, 11) is 3.39. The summed E-state index contributed by atoms with van der Waals surface area (Å²) >= 11 is 0. The molecule has 0 saturated heterocycles. The van der Waals surface area contributed by atoms with Crippen molar-refractivity contribution in [3.05, 3.63) is 29.3 Å². The molecular weight excluding hydrogens is 238 g/mol. The topological polar surface area (TPSA) is 30.5 Å². The number of methoxy groups -OCH3 is 2. The van der Waals surface area contributed by atoms with E-state index in [4.69, 9.17) is 9.47 Å². The Morgan fingerprint density at radius 2 is 2.11 bits per heavy atom. The van der Waals surface area contributed by atoms with Crippen molar-refractivity contribution in [1.29, 1.82) is 0 Å². The van der Waals surface area contributed by atoms with E-state index in [0.717, 1.165) is 36.1 Å². The lowest BCUT2D eigenvalue weighted by atomic mass is 10.1. The average molecular weight is 261 g/mol. The third-order valence-electron chi connectivity index (χ3n) is 3.45. The van der Waals surface area contributed by atoms with Gasteiger partial charge >= 0.3 is 0 Å². The monoisotopic (exact) mass is 261 g/mol. The highest BCUT2D eigenvalue weighted by Crippen LogP contribution is 2.27. The van der Waals surface area contributed by atoms with Crippen LogP contribution in [0.5, 0.6) is 11.5 Å². The third kappa shape index (κ3) is 4.00. The number of rotatable bonds is 7. The Hall–Kier alpha value is -1.48. The molecule has 0 heterocycles. The second kappa shape index (κ2) is 6.62. The number of hydrogen-bond donors (Lipinski definition) is 1. The van der Waals surface area contributed by atoms with Crippen LogP contribution in [0.25, 0.3) is 6.08 Å². The van der Waals surface area contributed by atoms with Crippen LogP contribution in [0, 0.1) is 0 Å². The van der Waals surface area contributed by atoms with Crippen LogP contribution < -0.4 is 14.8 Å². The van der Waals surface area contributed by atoms with Crippen molar-refractivity contribution >= 4 is 6.08 Å². The molecule has 0 unspecified atom stereocenters. The quantitative estimate of drug-likeness (QED) is 0.817. The molecule has 3 nitrogen and oxygen atoms in total. The van der Waals surface area contributed by atoms with E-state index in [1.165, 1.54) is 18.4 Å². The predicted molar refractivity (Wildman–Crippen MR) is 78.8 cm³/mol. The van der Waals surface area contributed by atoms with Gasteiger partial charge in [0.05, 0.1) is 14.2 Å². The van der Waals surface area contributed by atoms with E-state index in [1.807, 2.05) is 18.2 Å². The van der Waals surface area contributed by atoms with Gasteiger partial charge in [-0.1, -0.05) is 18.6 Å². The summed E-state index contributed by atoms with van der Waals surface area (Å²) in [6.45, 7) is 3.15. The number of ether oxygens (including phenoxy) is 2. The zero-order valence-electron chi connectivity index (χ0n) is 12.0. The van der Waals surface area contributed by atoms with Gasteiger partial charge in [-0.25, -0.2) is 0 Å². The van der Waals surface area contributed by atoms with E-state index in [1.54, 1.807) is 14.2 Å². The smallest absolute Gasteiger partial charge is 0.126 e. The minimum Gasteiger partial charge on any atom is -0.497 e. The van der Waals surface area contributed by atoms with Gasteiger partial charge < -0.3 is 14.8 Å². The van der Waals surface area contributed by atoms with E-state index in [2.05, 4.69) is 18.3 Å². The average Bonchev–Trinajstić information content (AvgIpc) is 3.27. The first-order valence-electron chi connectivity index (χ1n) is 6.91. The molecule has 0 radical (unpaired) electrons. The van der Waals surface area contributed by atoms with Gasteiger partial charge in [0.1, 0.15) is 11.5 Å². The van der Waals surface area contributed by atoms with E-state index in [0.29, 0.717) is 0 Å². The number of nitrogens with one attached hydrogen (secondary N) is 1. The summed E-state index contributed by atoms with van der Waals surface area (Å²) in [5.41, 5.74) is 2.47. The molecule has 1 aromatic rings. The number of hydrogen-bond acceptors (Lipinski definition) is 3. The van der Waals surface area contributed by atoms with Crippen LogP contribution in [0.15, 0.2) is 23.8 Å². The molecule has 0 atom stereocenters. The highest BCUT2D eigenvalue weighted by atomic mass is 16.5. The van der Waals surface area contributed by atoms with E-state index < -0.39 is 0 Å². The number of benzene rings is 1. The molecule has 1 fully saturated rings. The molecule has 1 aromatic carbocycles. The summed E-state index contributed by atoms with van der Waals surface area (Å²) in [6, 6.07) is 6.63. The molecule has 0 amide bonds. The van der Waals surface area contributed by atoms with Gasteiger partial charge in [0.25, 0.3) is 0 Å². The van der Waals surface area contributed by atoms with Crippen molar-refractivity contribution < 1.29 is 9.47 Å². The van der Waals surface area contributed by atoms with Crippen LogP contribution >= 0.6 is 0 Å². The van der Waals surface area contributed by atoms with Crippen molar-refractivity contribution in [3.8, 4) is 11.5 Å². The molecule has 104 valence electrons. The summed E-state index contributed by atoms with van der Waals surface area (Å²) in [5, 5.41) is 3.55. The highest BCUT2D eigenvalue weighted by Gasteiger charge is 2.20. The largest absolute Gasteiger partial charge is 0.497 e. The van der Waals surface area contributed by atoms with Gasteiger partial charge in [-0.05, 0) is 37.5 Å². The molecule has 0 aromatic heterocycles. The van der Waals surface area contributed by atoms with Gasteiger partial charge in [0.2, 0.25) is 0 Å². The van der Waals surface area contributed by atoms with Crippen LogP contribution in [0.4, 0.5) is 0 Å². The standard InChI is InChI=1S/C16H23NO2/c1-4-12(11-17-14-5-6-14)9-13-10-15(18-2)7-8-16(13)19-3/h7-10,14,17H,4-6,11H2,1-3H3. The Kier molecular flexibility index (Phi) is 4.86. The highest BCUT2D eigenvalue weighted by molar-refractivity contribution is 5.62. The SMILES string of the molecule is CCC(=Cc1cc(OC)ccc1OC)CNC1CC1. The van der Waals surface area contributed by atoms with Crippen LogP contribution in [0.1, 0.15) is 31.7 Å². The first-order valence-corrected chi connectivity index (χ1v) is 6.91. The van der Waals surface area contributed by atoms with E-state index >= 15 is 0 Å². The van der Waals surface area contributed by atoms with Crippen molar-refractivity contribution in [2.45, 2.75) is 32.2 Å². The maximum atomic E-state index is 5.41. The molecule has 0 spiro atoms. The maximum Gasteiger partial charge on any atom is 0.126 e. The first kappa shape index (κ1) is 13.9. The van der Waals surface area contributed by atoms with Crippen LogP contribution in [0.3, 0.4) is 0 Å². The van der Waals surface area contributed by atoms with Crippen molar-refractivity contribution in [1.82, 2.24) is 5.32 Å². The fraction of sp³-hybridized carbons (Fsp3) is 0.500. The molecule has 0 aliphatic heterocycles. The lowest BCUT2D eigenvalue weighted by Gasteiger charge is -2.10. The predicted octanol–water partition coefficient (Wildman–Crippen LogP) is 3.25. The maximum absolute atomic E-state index is 5.41. The molecule has 19 heavy (non-hydrogen) atoms. The van der Waals surface area contributed by atoms with Crippen molar-refractivity contribution in [2.24, 2.45) is 0 Å². The minimum absolute atomic E-state index is 0.738. The van der Waals surface area contributed by atoms with Gasteiger partial charge in [-0.2, -0.15) is 0 Å². The minimum atomic E-state index is 0.738. The Bertz CT molecular complexity index is 450. The Morgan fingerprint density at radius 1 is 1.32 bits per heavy atom. The van der Waals surface area contributed by atoms with Crippen LogP contribution in [-0.2, 0) is 0 Å². The summed E-state index contributed by atoms with van der Waals surface area (Å²) in [4.78, 5) is 0. The fourth-order valence-corrected chi connectivity index (χ4v) is 2.01. The Morgan fingerprint density at radius 3 is 2.68 bits per heavy atom. The normalized spacial score (nSPS) is 15.4. The third-order valence-corrected chi connectivity index (χ3v) is 3.45. The molecule has 1 saturated carbocycles. The second-order valence-electron chi connectivity index (χ2n) is 4.92.